The molecule has 1 aromatic rings. The Morgan fingerprint density at radius 3 is 2.70 bits per heavy atom. The summed E-state index contributed by atoms with van der Waals surface area (Å²) in [7, 11) is 1.59. The van der Waals surface area contributed by atoms with E-state index >= 15 is 0 Å². The third-order valence-corrected chi connectivity index (χ3v) is 6.97. The second-order valence-corrected chi connectivity index (χ2v) is 8.51. The molecule has 1 fully saturated rings. The first-order valence-electron chi connectivity index (χ1n) is 9.68. The van der Waals surface area contributed by atoms with Crippen molar-refractivity contribution in [2.75, 3.05) is 12.4 Å². The number of hydrogen-bond donors (Lipinski definition) is 2. The summed E-state index contributed by atoms with van der Waals surface area (Å²) >= 11 is 1.45. The van der Waals surface area contributed by atoms with Crippen LogP contribution in [0.15, 0.2) is 11.8 Å². The van der Waals surface area contributed by atoms with Gasteiger partial charge in [-0.05, 0) is 50.5 Å². The van der Waals surface area contributed by atoms with E-state index < -0.39 is 5.91 Å². The van der Waals surface area contributed by atoms with Gasteiger partial charge in [-0.3, -0.25) is 14.4 Å². The lowest BCUT2D eigenvalue weighted by molar-refractivity contribution is -0.129. The molecule has 7 heteroatoms. The number of carbonyl (C=O) groups excluding carboxylic acids is 3. The number of carbonyl (C=O) groups is 3. The van der Waals surface area contributed by atoms with Gasteiger partial charge in [0, 0.05) is 11.9 Å². The van der Waals surface area contributed by atoms with Gasteiger partial charge in [0.05, 0.1) is 17.7 Å². The molecule has 2 amide bonds. The molecule has 2 N–H and O–H groups in total. The summed E-state index contributed by atoms with van der Waals surface area (Å²) in [5.41, 5.74) is 1.65. The molecule has 2 unspecified atom stereocenters. The van der Waals surface area contributed by atoms with E-state index in [1.54, 1.807) is 7.05 Å². The fourth-order valence-corrected chi connectivity index (χ4v) is 5.61. The Kier molecular flexibility index (Phi) is 5.04. The third kappa shape index (κ3) is 3.29. The molecule has 1 aromatic heterocycles. The predicted molar refractivity (Wildman–Crippen MR) is 103 cm³/mol. The monoisotopic (exact) mass is 388 g/mol. The van der Waals surface area contributed by atoms with Crippen LogP contribution in [0.2, 0.25) is 0 Å². The van der Waals surface area contributed by atoms with E-state index in [9.17, 15) is 14.4 Å². The van der Waals surface area contributed by atoms with E-state index in [0.717, 1.165) is 61.8 Å². The number of Topliss-reactive ketones (excluding diaryl/α,β-unsaturated/α-hetero) is 1. The molecule has 2 heterocycles. The fraction of sp³-hybridized carbons (Fsp3) is 0.550. The van der Waals surface area contributed by atoms with Crippen molar-refractivity contribution in [2.24, 2.45) is 5.92 Å². The maximum absolute atomic E-state index is 12.8. The zero-order chi connectivity index (χ0) is 19.0. The van der Waals surface area contributed by atoms with E-state index in [2.05, 4.69) is 10.6 Å². The van der Waals surface area contributed by atoms with Crippen LogP contribution in [-0.2, 0) is 27.2 Å². The average molecular weight is 388 g/mol. The summed E-state index contributed by atoms with van der Waals surface area (Å²) in [4.78, 5) is 39.2. The summed E-state index contributed by atoms with van der Waals surface area (Å²) in [6, 6.07) is 0. The van der Waals surface area contributed by atoms with E-state index in [-0.39, 0.29) is 29.3 Å². The first-order chi connectivity index (χ1) is 13.1. The zero-order valence-electron chi connectivity index (χ0n) is 15.4. The molecule has 3 aliphatic rings. The summed E-state index contributed by atoms with van der Waals surface area (Å²) < 4.78 is 5.68. The number of fused-ring (bicyclic) bond motifs is 2. The molecule has 4 rings (SSSR count). The van der Waals surface area contributed by atoms with Crippen molar-refractivity contribution in [1.82, 2.24) is 5.32 Å². The number of ether oxygens (including phenoxy) is 1. The molecule has 1 aliphatic heterocycles. The van der Waals surface area contributed by atoms with Gasteiger partial charge in [-0.1, -0.05) is 6.42 Å². The normalized spacial score (nSPS) is 24.2. The van der Waals surface area contributed by atoms with Gasteiger partial charge in [0.2, 0.25) is 0 Å². The molecular weight excluding hydrogens is 364 g/mol. The zero-order valence-corrected chi connectivity index (χ0v) is 16.2. The highest BCUT2D eigenvalue weighted by molar-refractivity contribution is 7.17. The largest absolute Gasteiger partial charge is 0.496 e. The lowest BCUT2D eigenvalue weighted by atomic mass is 9.80. The van der Waals surface area contributed by atoms with E-state index in [1.165, 1.54) is 17.6 Å². The van der Waals surface area contributed by atoms with Gasteiger partial charge in [0.25, 0.3) is 11.8 Å². The Bertz CT molecular complexity index is 826. The Morgan fingerprint density at radius 2 is 1.89 bits per heavy atom. The van der Waals surface area contributed by atoms with Crippen molar-refractivity contribution in [1.29, 1.82) is 0 Å². The van der Waals surface area contributed by atoms with Gasteiger partial charge in [0.15, 0.2) is 5.78 Å². The summed E-state index contributed by atoms with van der Waals surface area (Å²) in [5.74, 6) is -1.03. The summed E-state index contributed by atoms with van der Waals surface area (Å²) in [6.45, 7) is 0. The number of aryl methyl sites for hydroxylation is 1. The van der Waals surface area contributed by atoms with Gasteiger partial charge in [0.1, 0.15) is 16.7 Å². The lowest BCUT2D eigenvalue weighted by Gasteiger charge is -2.33. The fourth-order valence-electron chi connectivity index (χ4n) is 4.33. The minimum Gasteiger partial charge on any atom is -0.496 e. The van der Waals surface area contributed by atoms with Crippen molar-refractivity contribution in [2.45, 2.75) is 57.5 Å². The molecule has 0 aromatic carbocycles. The second kappa shape index (κ2) is 7.46. The minimum absolute atomic E-state index is 0.0624. The number of thiophene rings is 1. The van der Waals surface area contributed by atoms with Crippen LogP contribution < -0.4 is 10.6 Å². The van der Waals surface area contributed by atoms with Crippen LogP contribution in [0.25, 0.3) is 0 Å². The van der Waals surface area contributed by atoms with E-state index in [1.807, 2.05) is 0 Å². The van der Waals surface area contributed by atoms with Crippen LogP contribution in [0, 0.1) is 5.92 Å². The third-order valence-electron chi connectivity index (χ3n) is 5.76. The van der Waals surface area contributed by atoms with Gasteiger partial charge in [-0.25, -0.2) is 0 Å². The Labute approximate surface area is 162 Å². The average Bonchev–Trinajstić information content (AvgIpc) is 3.05. The molecule has 27 heavy (non-hydrogen) atoms. The van der Waals surface area contributed by atoms with Crippen LogP contribution >= 0.6 is 11.3 Å². The van der Waals surface area contributed by atoms with Crippen LogP contribution in [0.4, 0.5) is 5.00 Å². The minimum atomic E-state index is -0.479. The molecule has 6 nitrogen and oxygen atoms in total. The molecule has 0 bridgehead atoms. The van der Waals surface area contributed by atoms with Gasteiger partial charge < -0.3 is 15.4 Å². The van der Waals surface area contributed by atoms with Crippen molar-refractivity contribution < 1.29 is 19.1 Å². The highest BCUT2D eigenvalue weighted by atomic mass is 32.1. The van der Waals surface area contributed by atoms with Crippen molar-refractivity contribution in [3.63, 3.8) is 0 Å². The van der Waals surface area contributed by atoms with Crippen LogP contribution in [0.1, 0.15) is 59.3 Å². The molecular formula is C20H24N2O4S. The first-order valence-corrected chi connectivity index (χ1v) is 10.5. The molecule has 144 valence electrons. The van der Waals surface area contributed by atoms with Crippen molar-refractivity contribution in [3.05, 3.63) is 27.8 Å². The van der Waals surface area contributed by atoms with Crippen molar-refractivity contribution in [3.8, 4) is 0 Å². The number of anilines is 1. The van der Waals surface area contributed by atoms with E-state index in [0.29, 0.717) is 10.6 Å². The highest BCUT2D eigenvalue weighted by Gasteiger charge is 2.39. The summed E-state index contributed by atoms with van der Waals surface area (Å²) in [6.07, 6.45) is 8.80. The Morgan fingerprint density at radius 1 is 1.11 bits per heavy atom. The maximum atomic E-state index is 12.8. The van der Waals surface area contributed by atoms with Gasteiger partial charge >= 0.3 is 0 Å². The number of ketones is 1. The number of rotatable bonds is 3. The van der Waals surface area contributed by atoms with Crippen LogP contribution in [-0.4, -0.2) is 30.7 Å². The van der Waals surface area contributed by atoms with Gasteiger partial charge in [-0.15, -0.1) is 11.3 Å². The predicted octanol–water partition coefficient (Wildman–Crippen LogP) is 2.97. The van der Waals surface area contributed by atoms with Gasteiger partial charge in [-0.2, -0.15) is 0 Å². The maximum Gasteiger partial charge on any atom is 0.263 e. The molecule has 2 atom stereocenters. The van der Waals surface area contributed by atoms with Crippen molar-refractivity contribution >= 4 is 33.9 Å². The second-order valence-electron chi connectivity index (χ2n) is 7.41. The Hall–Kier alpha value is -2.15. The molecule has 0 spiro atoms. The Balaban J connectivity index is 1.60. The lowest BCUT2D eigenvalue weighted by Crippen LogP contribution is -2.39. The number of nitrogens with one attached hydrogen (secondary N) is 2. The van der Waals surface area contributed by atoms with Crippen LogP contribution in [0.5, 0.6) is 0 Å². The standard InChI is InChI=1S/C20H24N2O4S/c1-21-19(25)16-12-7-3-5-9-15(12)27-20(16)22-18(24)13-10-26-14-8-4-2-6-11(14)17(13)23/h10-11,14H,2-9H2,1H3,(H,21,25)(H,22,24). The summed E-state index contributed by atoms with van der Waals surface area (Å²) in [5, 5.41) is 6.03. The smallest absolute Gasteiger partial charge is 0.263 e. The molecule has 1 saturated carbocycles. The topological polar surface area (TPSA) is 84.5 Å². The molecule has 0 radical (unpaired) electrons. The first kappa shape index (κ1) is 18.2. The molecule has 0 saturated heterocycles. The molecule has 2 aliphatic carbocycles. The van der Waals surface area contributed by atoms with Crippen LogP contribution in [0.3, 0.4) is 0 Å². The number of hydrogen-bond acceptors (Lipinski definition) is 5. The quantitative estimate of drug-likeness (QED) is 0.780. The number of amides is 2. The SMILES string of the molecule is CNC(=O)c1c(NC(=O)C2=COC3CCCCC3C2=O)sc2c1CCCC2. The van der Waals surface area contributed by atoms with E-state index in [4.69, 9.17) is 4.74 Å². The highest BCUT2D eigenvalue weighted by Crippen LogP contribution is 2.39.